The summed E-state index contributed by atoms with van der Waals surface area (Å²) in [6.45, 7) is 2.72. The molecule has 0 aliphatic carbocycles. The van der Waals surface area contributed by atoms with E-state index in [0.29, 0.717) is 18.7 Å². The highest BCUT2D eigenvalue weighted by atomic mass is 32.2. The van der Waals surface area contributed by atoms with Gasteiger partial charge in [0.2, 0.25) is 10.0 Å². The molecule has 1 aliphatic heterocycles. The smallest absolute Gasteiger partial charge is 0.250 e. The van der Waals surface area contributed by atoms with Crippen molar-refractivity contribution in [2.45, 2.75) is 44.9 Å². The van der Waals surface area contributed by atoms with Gasteiger partial charge in [-0.3, -0.25) is 4.79 Å². The van der Waals surface area contributed by atoms with Crippen LogP contribution in [0.15, 0.2) is 59.4 Å². The molecule has 0 atom stereocenters. The highest BCUT2D eigenvalue weighted by Crippen LogP contribution is 2.37. The van der Waals surface area contributed by atoms with Crippen LogP contribution >= 0.6 is 11.3 Å². The Morgan fingerprint density at radius 1 is 1.08 bits per heavy atom. The number of carbonyl (C=O) groups excluding carboxylic acids is 1. The van der Waals surface area contributed by atoms with Gasteiger partial charge in [-0.1, -0.05) is 24.3 Å². The Morgan fingerprint density at radius 2 is 1.86 bits per heavy atom. The van der Waals surface area contributed by atoms with Gasteiger partial charge >= 0.3 is 0 Å². The number of piperidine rings is 1. The Kier molecular flexibility index (Phi) is 7.51. The first-order chi connectivity index (χ1) is 17.9. The number of hydrogen-bond acceptors (Lipinski definition) is 4. The van der Waals surface area contributed by atoms with E-state index in [4.69, 9.17) is 5.73 Å². The number of sulfonamides is 1. The number of H-pyrrole nitrogens is 1. The molecule has 0 saturated carbocycles. The maximum absolute atomic E-state index is 12.4. The van der Waals surface area contributed by atoms with Crippen molar-refractivity contribution >= 4 is 38.2 Å². The van der Waals surface area contributed by atoms with E-state index in [9.17, 15) is 13.2 Å². The molecule has 194 valence electrons. The van der Waals surface area contributed by atoms with Gasteiger partial charge in [0.1, 0.15) is 0 Å². The number of rotatable bonds is 9. The monoisotopic (exact) mass is 535 g/mol. The van der Waals surface area contributed by atoms with Crippen LogP contribution in [0.3, 0.4) is 0 Å². The molecule has 0 unspecified atom stereocenters. The lowest BCUT2D eigenvalue weighted by molar-refractivity contribution is 0.100. The number of hydrogen-bond donors (Lipinski definition) is 2. The van der Waals surface area contributed by atoms with Crippen molar-refractivity contribution in [2.75, 3.05) is 18.8 Å². The molecule has 37 heavy (non-hydrogen) atoms. The van der Waals surface area contributed by atoms with Crippen molar-refractivity contribution in [3.63, 3.8) is 0 Å². The fourth-order valence-corrected chi connectivity index (χ4v) is 7.25. The Hall–Kier alpha value is -2.94. The molecule has 0 bridgehead atoms. The standard InChI is InChI=1S/C29H33N3O3S2/c1-2-37(34,35)32-12-9-22(10-13-32)27-18-31-28-25(27)16-24(17-26(28)29(30)33)23-8-4-6-20(15-23)5-3-7-21-11-14-36-19-21/h4,6,8,11,14-19,22,31H,2-3,5,7,9-10,12-13H2,1H3,(H2,30,33). The van der Waals surface area contributed by atoms with Crippen LogP contribution in [-0.2, 0) is 22.9 Å². The topological polar surface area (TPSA) is 96.3 Å². The largest absolute Gasteiger partial charge is 0.366 e. The van der Waals surface area contributed by atoms with Gasteiger partial charge in [-0.15, -0.1) is 0 Å². The number of nitrogens with one attached hydrogen (secondary N) is 1. The highest BCUT2D eigenvalue weighted by Gasteiger charge is 2.29. The second kappa shape index (κ2) is 10.8. The van der Waals surface area contributed by atoms with Crippen molar-refractivity contribution in [1.29, 1.82) is 0 Å². The zero-order valence-corrected chi connectivity index (χ0v) is 22.7. The van der Waals surface area contributed by atoms with Crippen molar-refractivity contribution in [1.82, 2.24) is 9.29 Å². The van der Waals surface area contributed by atoms with Crippen molar-refractivity contribution in [2.24, 2.45) is 5.73 Å². The van der Waals surface area contributed by atoms with Crippen LogP contribution in [0.5, 0.6) is 0 Å². The number of thiophene rings is 1. The molecular formula is C29H33N3O3S2. The predicted molar refractivity (Wildman–Crippen MR) is 152 cm³/mol. The molecule has 3 heterocycles. The molecule has 1 saturated heterocycles. The third-order valence-corrected chi connectivity index (χ3v) is 10.1. The zero-order valence-electron chi connectivity index (χ0n) is 21.1. The third kappa shape index (κ3) is 5.51. The predicted octanol–water partition coefficient (Wildman–Crippen LogP) is 5.70. The van der Waals surface area contributed by atoms with E-state index in [1.165, 1.54) is 11.1 Å². The molecule has 6 nitrogen and oxygen atoms in total. The van der Waals surface area contributed by atoms with Crippen molar-refractivity contribution in [3.8, 4) is 11.1 Å². The first-order valence-corrected chi connectivity index (χ1v) is 15.4. The lowest BCUT2D eigenvalue weighted by Crippen LogP contribution is -2.38. The molecule has 1 amide bonds. The molecule has 2 aromatic carbocycles. The lowest BCUT2D eigenvalue weighted by Gasteiger charge is -2.31. The number of aromatic nitrogens is 1. The molecule has 0 spiro atoms. The number of fused-ring (bicyclic) bond motifs is 1. The number of nitrogens with two attached hydrogens (primary N) is 1. The summed E-state index contributed by atoms with van der Waals surface area (Å²) in [7, 11) is -3.18. The quantitative estimate of drug-likeness (QED) is 0.288. The average molecular weight is 536 g/mol. The Labute approximate surface area is 222 Å². The molecule has 8 heteroatoms. The summed E-state index contributed by atoms with van der Waals surface area (Å²) in [6.07, 6.45) is 6.61. The van der Waals surface area contributed by atoms with E-state index >= 15 is 0 Å². The number of nitrogens with zero attached hydrogens (tertiary/aromatic N) is 1. The fourth-order valence-electron chi connectivity index (χ4n) is 5.42. The maximum atomic E-state index is 12.4. The number of primary amides is 1. The summed E-state index contributed by atoms with van der Waals surface area (Å²) < 4.78 is 26.2. The van der Waals surface area contributed by atoms with Gasteiger partial charge in [-0.25, -0.2) is 12.7 Å². The molecule has 0 radical (unpaired) electrons. The minimum atomic E-state index is -3.18. The number of aromatic amines is 1. The number of aryl methyl sites for hydroxylation is 2. The van der Waals surface area contributed by atoms with Gasteiger partial charge in [-0.2, -0.15) is 11.3 Å². The minimum absolute atomic E-state index is 0.128. The van der Waals surface area contributed by atoms with E-state index in [2.05, 4.69) is 52.1 Å². The maximum Gasteiger partial charge on any atom is 0.250 e. The van der Waals surface area contributed by atoms with Crippen LogP contribution in [0.1, 0.15) is 59.2 Å². The van der Waals surface area contributed by atoms with Gasteiger partial charge in [0, 0.05) is 24.7 Å². The molecule has 3 N–H and O–H groups in total. The summed E-state index contributed by atoms with van der Waals surface area (Å²) >= 11 is 1.73. The van der Waals surface area contributed by atoms with Gasteiger partial charge in [0.15, 0.2) is 0 Å². The van der Waals surface area contributed by atoms with E-state index in [1.54, 1.807) is 22.6 Å². The number of amides is 1. The van der Waals surface area contributed by atoms with Crippen LogP contribution in [0, 0.1) is 0 Å². The molecular weight excluding hydrogens is 502 g/mol. The van der Waals surface area contributed by atoms with Crippen molar-refractivity contribution in [3.05, 3.63) is 81.7 Å². The van der Waals surface area contributed by atoms with Gasteiger partial charge in [-0.05, 0) is 102 Å². The van der Waals surface area contributed by atoms with Gasteiger partial charge in [0.25, 0.3) is 5.91 Å². The fraction of sp³-hybridized carbons (Fsp3) is 0.345. The lowest BCUT2D eigenvalue weighted by atomic mass is 9.88. The summed E-state index contributed by atoms with van der Waals surface area (Å²) in [5.41, 5.74) is 12.8. The summed E-state index contributed by atoms with van der Waals surface area (Å²) in [6, 6.07) is 14.7. The summed E-state index contributed by atoms with van der Waals surface area (Å²) in [4.78, 5) is 15.7. The normalized spacial score (nSPS) is 15.4. The van der Waals surface area contributed by atoms with E-state index in [0.717, 1.165) is 59.7 Å². The molecule has 4 aromatic rings. The van der Waals surface area contributed by atoms with Crippen LogP contribution < -0.4 is 5.73 Å². The first kappa shape index (κ1) is 25.7. The average Bonchev–Trinajstić information content (AvgIpc) is 3.58. The number of carbonyl (C=O) groups is 1. The van der Waals surface area contributed by atoms with E-state index < -0.39 is 15.9 Å². The van der Waals surface area contributed by atoms with Crippen LogP contribution in [0.2, 0.25) is 0 Å². The third-order valence-electron chi connectivity index (χ3n) is 7.51. The Bertz CT molecular complexity index is 1500. The second-order valence-corrected chi connectivity index (χ2v) is 12.9. The van der Waals surface area contributed by atoms with Gasteiger partial charge < -0.3 is 10.7 Å². The molecule has 1 aliphatic rings. The van der Waals surface area contributed by atoms with E-state index in [-0.39, 0.29) is 11.7 Å². The minimum Gasteiger partial charge on any atom is -0.366 e. The second-order valence-electron chi connectivity index (χ2n) is 9.81. The molecule has 1 fully saturated rings. The molecule has 2 aromatic heterocycles. The summed E-state index contributed by atoms with van der Waals surface area (Å²) in [5, 5.41) is 5.32. The van der Waals surface area contributed by atoms with Crippen LogP contribution in [0.25, 0.3) is 22.0 Å². The Morgan fingerprint density at radius 3 is 2.57 bits per heavy atom. The van der Waals surface area contributed by atoms with Crippen LogP contribution in [-0.4, -0.2) is 42.5 Å². The van der Waals surface area contributed by atoms with Crippen molar-refractivity contribution < 1.29 is 13.2 Å². The highest BCUT2D eigenvalue weighted by molar-refractivity contribution is 7.89. The van der Waals surface area contributed by atoms with Gasteiger partial charge in [0.05, 0.1) is 16.8 Å². The zero-order chi connectivity index (χ0) is 26.0. The number of benzene rings is 2. The summed E-state index contributed by atoms with van der Waals surface area (Å²) in [5.74, 6) is -0.115. The Balaban J connectivity index is 1.42. The SMILES string of the molecule is CCS(=O)(=O)N1CCC(c2c[nH]c3c(C(N)=O)cc(-c4cccc(CCCc5ccsc5)c4)cc23)CC1. The first-order valence-electron chi connectivity index (χ1n) is 12.9. The molecule has 5 rings (SSSR count). The van der Waals surface area contributed by atoms with E-state index in [1.807, 2.05) is 12.3 Å². The van der Waals surface area contributed by atoms with Crippen LogP contribution in [0.4, 0.5) is 0 Å².